The van der Waals surface area contributed by atoms with Crippen molar-refractivity contribution in [3.05, 3.63) is 63.7 Å². The van der Waals surface area contributed by atoms with E-state index in [-0.39, 0.29) is 22.8 Å². The van der Waals surface area contributed by atoms with Crippen LogP contribution in [-0.2, 0) is 0 Å². The lowest BCUT2D eigenvalue weighted by atomic mass is 10.1. The molecule has 0 saturated carbocycles. The van der Waals surface area contributed by atoms with Gasteiger partial charge in [0.05, 0.1) is 16.6 Å². The van der Waals surface area contributed by atoms with Gasteiger partial charge in [-0.15, -0.1) is 0 Å². The Morgan fingerprint density at radius 1 is 1.27 bits per heavy atom. The molecule has 0 aliphatic heterocycles. The minimum atomic E-state index is -0.578. The van der Waals surface area contributed by atoms with E-state index in [2.05, 4.69) is 0 Å². The lowest BCUT2D eigenvalue weighted by molar-refractivity contribution is -0.385. The molecule has 0 aliphatic carbocycles. The fraction of sp³-hybridized carbons (Fsp3) is 0.125. The molecule has 0 N–H and O–H groups in total. The largest absolute Gasteiger partial charge is 0.450 e. The van der Waals surface area contributed by atoms with Crippen molar-refractivity contribution in [1.82, 2.24) is 0 Å². The van der Waals surface area contributed by atoms with Crippen molar-refractivity contribution in [1.29, 1.82) is 5.26 Å². The molecule has 22 heavy (non-hydrogen) atoms. The van der Waals surface area contributed by atoms with Gasteiger partial charge >= 0.3 is 5.69 Å². The zero-order valence-electron chi connectivity index (χ0n) is 11.8. The number of nitriles is 1. The zero-order valence-corrected chi connectivity index (χ0v) is 11.8. The molecule has 0 radical (unpaired) electrons. The summed E-state index contributed by atoms with van der Waals surface area (Å²) < 4.78 is 5.48. The van der Waals surface area contributed by atoms with Crippen LogP contribution in [0.25, 0.3) is 0 Å². The summed E-state index contributed by atoms with van der Waals surface area (Å²) in [5.74, 6) is 0.341. The third-order valence-electron chi connectivity index (χ3n) is 3.01. The topological polar surface area (TPSA) is 93.2 Å². The van der Waals surface area contributed by atoms with E-state index in [1.54, 1.807) is 31.2 Å². The van der Waals surface area contributed by atoms with E-state index >= 15 is 0 Å². The molecule has 0 aromatic heterocycles. The summed E-state index contributed by atoms with van der Waals surface area (Å²) in [6.07, 6.45) is 0.399. The molecular weight excluding hydrogens is 284 g/mol. The first-order valence-electron chi connectivity index (χ1n) is 6.54. The van der Waals surface area contributed by atoms with Gasteiger partial charge in [0.15, 0.2) is 5.78 Å². The number of ether oxygens (including phenoxy) is 1. The van der Waals surface area contributed by atoms with E-state index in [1.807, 2.05) is 6.07 Å². The van der Waals surface area contributed by atoms with Crippen molar-refractivity contribution in [2.75, 3.05) is 0 Å². The maximum Gasteiger partial charge on any atom is 0.311 e. The molecule has 0 heterocycles. The predicted molar refractivity (Wildman–Crippen MR) is 78.9 cm³/mol. The number of nitro benzene ring substituents is 1. The lowest BCUT2D eigenvalue weighted by Gasteiger charge is -2.07. The van der Waals surface area contributed by atoms with Crippen LogP contribution in [0.1, 0.15) is 29.3 Å². The first-order valence-corrected chi connectivity index (χ1v) is 6.54. The van der Waals surface area contributed by atoms with Crippen LogP contribution in [0.5, 0.6) is 11.5 Å². The highest BCUT2D eigenvalue weighted by molar-refractivity contribution is 5.95. The second-order valence-corrected chi connectivity index (χ2v) is 4.45. The van der Waals surface area contributed by atoms with E-state index in [0.717, 1.165) is 0 Å². The molecular formula is C16H12N2O4. The number of benzene rings is 2. The van der Waals surface area contributed by atoms with Crippen LogP contribution in [0.2, 0.25) is 0 Å². The molecule has 6 nitrogen and oxygen atoms in total. The number of nitro groups is 1. The van der Waals surface area contributed by atoms with Crippen LogP contribution < -0.4 is 4.74 Å². The zero-order chi connectivity index (χ0) is 16.1. The second-order valence-electron chi connectivity index (χ2n) is 4.45. The van der Waals surface area contributed by atoms with Gasteiger partial charge in [-0.3, -0.25) is 14.9 Å². The molecule has 2 aromatic carbocycles. The Morgan fingerprint density at radius 3 is 2.50 bits per heavy atom. The molecule has 0 atom stereocenters. The number of ketones is 1. The van der Waals surface area contributed by atoms with Crippen LogP contribution in [0.4, 0.5) is 5.69 Å². The van der Waals surface area contributed by atoms with Crippen molar-refractivity contribution in [3.63, 3.8) is 0 Å². The maximum absolute atomic E-state index is 11.5. The van der Waals surface area contributed by atoms with Gasteiger partial charge in [-0.2, -0.15) is 5.26 Å². The molecule has 0 spiro atoms. The Kier molecular flexibility index (Phi) is 4.49. The number of carbonyl (C=O) groups excluding carboxylic acids is 1. The average Bonchev–Trinajstić information content (AvgIpc) is 2.54. The van der Waals surface area contributed by atoms with Gasteiger partial charge in [-0.1, -0.05) is 6.92 Å². The number of nitrogens with zero attached hydrogens (tertiary/aromatic N) is 2. The number of carbonyl (C=O) groups is 1. The predicted octanol–water partition coefficient (Wildman–Crippen LogP) is 3.85. The second kappa shape index (κ2) is 6.50. The highest BCUT2D eigenvalue weighted by Crippen LogP contribution is 2.32. The van der Waals surface area contributed by atoms with Crippen molar-refractivity contribution in [3.8, 4) is 17.6 Å². The molecule has 2 rings (SSSR count). The summed E-state index contributed by atoms with van der Waals surface area (Å²) in [7, 11) is 0. The fourth-order valence-corrected chi connectivity index (χ4v) is 1.86. The van der Waals surface area contributed by atoms with Gasteiger partial charge in [0.2, 0.25) is 5.75 Å². The first-order chi connectivity index (χ1) is 10.5. The normalized spacial score (nSPS) is 9.82. The molecule has 0 amide bonds. The smallest absolute Gasteiger partial charge is 0.311 e. The Morgan fingerprint density at radius 2 is 1.95 bits per heavy atom. The van der Waals surface area contributed by atoms with E-state index in [1.165, 1.54) is 18.2 Å². The van der Waals surface area contributed by atoms with E-state index in [0.29, 0.717) is 17.7 Å². The van der Waals surface area contributed by atoms with Crippen LogP contribution in [0.15, 0.2) is 42.5 Å². The fourth-order valence-electron chi connectivity index (χ4n) is 1.86. The summed E-state index contributed by atoms with van der Waals surface area (Å²) in [5.41, 5.74) is 0.584. The van der Waals surface area contributed by atoms with Crippen LogP contribution in [0.3, 0.4) is 0 Å². The van der Waals surface area contributed by atoms with Crippen molar-refractivity contribution in [2.24, 2.45) is 0 Å². The van der Waals surface area contributed by atoms with Gasteiger partial charge in [0.1, 0.15) is 5.75 Å². The molecule has 2 aromatic rings. The minimum absolute atomic E-state index is 0.00371. The number of hydrogen-bond acceptors (Lipinski definition) is 5. The van der Waals surface area contributed by atoms with Gasteiger partial charge in [0.25, 0.3) is 0 Å². The van der Waals surface area contributed by atoms with Crippen molar-refractivity contribution < 1.29 is 14.5 Å². The van der Waals surface area contributed by atoms with Crippen molar-refractivity contribution in [2.45, 2.75) is 13.3 Å². The van der Waals surface area contributed by atoms with E-state index in [4.69, 9.17) is 10.00 Å². The first kappa shape index (κ1) is 15.2. The standard InChI is InChI=1S/C16H12N2O4/c1-2-15(19)12-4-6-13(7-5-12)22-16-9-11(10-17)3-8-14(16)18(20)21/h3-9H,2H2,1H3. The molecule has 0 fully saturated rings. The van der Waals surface area contributed by atoms with Gasteiger partial charge < -0.3 is 4.74 Å². The quantitative estimate of drug-likeness (QED) is 0.474. The van der Waals surface area contributed by atoms with E-state index in [9.17, 15) is 14.9 Å². The average molecular weight is 296 g/mol. The van der Waals surface area contributed by atoms with Crippen LogP contribution >= 0.6 is 0 Å². The van der Waals surface area contributed by atoms with Gasteiger partial charge in [0, 0.05) is 24.1 Å². The third kappa shape index (κ3) is 3.27. The van der Waals surface area contributed by atoms with E-state index < -0.39 is 4.92 Å². The van der Waals surface area contributed by atoms with Gasteiger partial charge in [-0.25, -0.2) is 0 Å². The highest BCUT2D eigenvalue weighted by atomic mass is 16.6. The van der Waals surface area contributed by atoms with Gasteiger partial charge in [-0.05, 0) is 30.3 Å². The summed E-state index contributed by atoms with van der Waals surface area (Å²) in [6, 6.07) is 12.1. The summed E-state index contributed by atoms with van der Waals surface area (Å²) >= 11 is 0. The molecule has 0 saturated heterocycles. The Balaban J connectivity index is 2.32. The number of hydrogen-bond donors (Lipinski definition) is 0. The number of Topliss-reactive ketones (excluding diaryl/α,β-unsaturated/α-hetero) is 1. The molecule has 0 bridgehead atoms. The maximum atomic E-state index is 11.5. The lowest BCUT2D eigenvalue weighted by Crippen LogP contribution is -1.97. The molecule has 6 heteroatoms. The molecule has 0 unspecified atom stereocenters. The summed E-state index contributed by atoms with van der Waals surface area (Å²) in [5, 5.41) is 19.9. The molecule has 110 valence electrons. The SMILES string of the molecule is CCC(=O)c1ccc(Oc2cc(C#N)ccc2[N+](=O)[O-])cc1. The Labute approximate surface area is 126 Å². The summed E-state index contributed by atoms with van der Waals surface area (Å²) in [6.45, 7) is 1.77. The van der Waals surface area contributed by atoms with Crippen LogP contribution in [0, 0.1) is 21.4 Å². The summed E-state index contributed by atoms with van der Waals surface area (Å²) in [4.78, 5) is 22.0. The Hall–Kier alpha value is -3.20. The molecule has 0 aliphatic rings. The van der Waals surface area contributed by atoms with Crippen molar-refractivity contribution >= 4 is 11.5 Å². The number of rotatable bonds is 5. The minimum Gasteiger partial charge on any atom is -0.450 e. The highest BCUT2D eigenvalue weighted by Gasteiger charge is 2.16. The third-order valence-corrected chi connectivity index (χ3v) is 3.01. The Bertz CT molecular complexity index is 761. The monoisotopic (exact) mass is 296 g/mol. The van der Waals surface area contributed by atoms with Crippen LogP contribution in [-0.4, -0.2) is 10.7 Å².